The number of carbonyl (C=O) groups excluding carboxylic acids is 1. The minimum Gasteiger partial charge on any atom is -0.349 e. The Morgan fingerprint density at radius 1 is 1.26 bits per heavy atom. The number of nitrogens with one attached hydrogen (secondary N) is 1. The average Bonchev–Trinajstić information content (AvgIpc) is 3.29. The summed E-state index contributed by atoms with van der Waals surface area (Å²) >= 11 is 5.87. The number of carbonyl (C=O) groups is 1. The first-order valence-corrected chi connectivity index (χ1v) is 9.13. The van der Waals surface area contributed by atoms with Gasteiger partial charge in [-0.25, -0.2) is 4.39 Å². The molecule has 1 N–H and O–H groups in total. The molecule has 1 heterocycles. The first kappa shape index (κ1) is 17.7. The zero-order valence-electron chi connectivity index (χ0n) is 14.4. The van der Waals surface area contributed by atoms with Crippen LogP contribution in [0.5, 0.6) is 0 Å². The van der Waals surface area contributed by atoms with Crippen molar-refractivity contribution >= 4 is 17.5 Å². The van der Waals surface area contributed by atoms with E-state index in [1.165, 1.54) is 6.07 Å². The van der Waals surface area contributed by atoms with E-state index in [1.807, 2.05) is 6.07 Å². The minimum atomic E-state index is -0.204. The number of rotatable bonds is 5. The largest absolute Gasteiger partial charge is 0.349 e. The molecule has 1 aromatic heterocycles. The number of benzene rings is 2. The topological polar surface area (TPSA) is 68.0 Å². The van der Waals surface area contributed by atoms with E-state index in [9.17, 15) is 9.18 Å². The van der Waals surface area contributed by atoms with E-state index in [0.29, 0.717) is 41.6 Å². The van der Waals surface area contributed by atoms with Gasteiger partial charge in [0.15, 0.2) is 0 Å². The van der Waals surface area contributed by atoms with E-state index in [0.717, 1.165) is 11.1 Å². The van der Waals surface area contributed by atoms with E-state index in [2.05, 4.69) is 15.5 Å². The Morgan fingerprint density at radius 3 is 2.89 bits per heavy atom. The van der Waals surface area contributed by atoms with Gasteiger partial charge in [-0.2, -0.15) is 4.98 Å². The molecule has 1 aliphatic rings. The van der Waals surface area contributed by atoms with Gasteiger partial charge in [0, 0.05) is 23.4 Å². The van der Waals surface area contributed by atoms with Crippen molar-refractivity contribution in [3.8, 4) is 11.4 Å². The highest BCUT2D eigenvalue weighted by molar-refractivity contribution is 6.30. The quantitative estimate of drug-likeness (QED) is 0.712. The van der Waals surface area contributed by atoms with Gasteiger partial charge in [-0.05, 0) is 54.3 Å². The smallest absolute Gasteiger partial charge is 0.227 e. The monoisotopic (exact) mass is 385 g/mol. The predicted octanol–water partition coefficient (Wildman–Crippen LogP) is 4.27. The van der Waals surface area contributed by atoms with Crippen LogP contribution in [0.15, 0.2) is 47.0 Å². The molecule has 0 radical (unpaired) electrons. The van der Waals surface area contributed by atoms with Gasteiger partial charge in [0.1, 0.15) is 5.82 Å². The Labute approximate surface area is 160 Å². The fraction of sp³-hybridized carbons (Fsp3) is 0.250. The van der Waals surface area contributed by atoms with Crippen LogP contribution in [-0.2, 0) is 17.6 Å². The Balaban J connectivity index is 1.34. The van der Waals surface area contributed by atoms with Crippen LogP contribution in [-0.4, -0.2) is 16.0 Å². The molecule has 0 aliphatic heterocycles. The van der Waals surface area contributed by atoms with Gasteiger partial charge in [-0.15, -0.1) is 0 Å². The Morgan fingerprint density at radius 2 is 2.07 bits per heavy atom. The van der Waals surface area contributed by atoms with Gasteiger partial charge in [0.2, 0.25) is 17.6 Å². The molecule has 1 aliphatic carbocycles. The fourth-order valence-corrected chi connectivity index (χ4v) is 3.45. The average molecular weight is 386 g/mol. The standard InChI is InChI=1S/C20H17ClFN3O2/c21-13-6-4-12(5-7-13)20-24-19(27-25-20)11-10-18(26)23-17-9-8-14-15(17)2-1-3-16(14)22/h1-7,17H,8-11H2,(H,23,26). The summed E-state index contributed by atoms with van der Waals surface area (Å²) in [5.74, 6) is 0.531. The number of amides is 1. The first-order valence-electron chi connectivity index (χ1n) is 8.75. The van der Waals surface area contributed by atoms with E-state index < -0.39 is 0 Å². The highest BCUT2D eigenvalue weighted by atomic mass is 35.5. The zero-order chi connectivity index (χ0) is 18.8. The number of aryl methyl sites for hydroxylation is 1. The second kappa shape index (κ2) is 7.48. The van der Waals surface area contributed by atoms with Gasteiger partial charge < -0.3 is 9.84 Å². The van der Waals surface area contributed by atoms with Crippen molar-refractivity contribution in [3.63, 3.8) is 0 Å². The van der Waals surface area contributed by atoms with Gasteiger partial charge in [0.25, 0.3) is 0 Å². The lowest BCUT2D eigenvalue weighted by Crippen LogP contribution is -2.27. The normalized spacial score (nSPS) is 15.6. The maximum absolute atomic E-state index is 13.8. The van der Waals surface area contributed by atoms with Crippen LogP contribution in [0.2, 0.25) is 5.02 Å². The molecule has 0 saturated heterocycles. The summed E-state index contributed by atoms with van der Waals surface area (Å²) in [6.07, 6.45) is 1.92. The molecule has 4 rings (SSSR count). The van der Waals surface area contributed by atoms with Crippen molar-refractivity contribution in [1.29, 1.82) is 0 Å². The summed E-state index contributed by atoms with van der Waals surface area (Å²) < 4.78 is 19.0. The summed E-state index contributed by atoms with van der Waals surface area (Å²) in [6.45, 7) is 0. The molecule has 5 nitrogen and oxygen atoms in total. The number of halogens is 2. The first-order chi connectivity index (χ1) is 13.1. The van der Waals surface area contributed by atoms with Crippen LogP contribution in [0.25, 0.3) is 11.4 Å². The van der Waals surface area contributed by atoms with Gasteiger partial charge >= 0.3 is 0 Å². The lowest BCUT2D eigenvalue weighted by molar-refractivity contribution is -0.121. The van der Waals surface area contributed by atoms with Crippen molar-refractivity contribution in [2.24, 2.45) is 0 Å². The number of fused-ring (bicyclic) bond motifs is 1. The Bertz CT molecular complexity index is 972. The third kappa shape index (κ3) is 3.85. The highest BCUT2D eigenvalue weighted by Gasteiger charge is 2.26. The molecule has 1 amide bonds. The second-order valence-corrected chi connectivity index (χ2v) is 6.92. The molecule has 7 heteroatoms. The zero-order valence-corrected chi connectivity index (χ0v) is 15.2. The molecular formula is C20H17ClFN3O2. The maximum atomic E-state index is 13.8. The van der Waals surface area contributed by atoms with Crippen molar-refractivity contribution in [1.82, 2.24) is 15.5 Å². The minimum absolute atomic E-state index is 0.122. The maximum Gasteiger partial charge on any atom is 0.227 e. The Hall–Kier alpha value is -2.73. The third-order valence-electron chi connectivity index (χ3n) is 4.69. The molecule has 0 saturated carbocycles. The molecular weight excluding hydrogens is 369 g/mol. The van der Waals surface area contributed by atoms with Gasteiger partial charge in [-0.3, -0.25) is 4.79 Å². The number of nitrogens with zero attached hydrogens (tertiary/aromatic N) is 2. The van der Waals surface area contributed by atoms with E-state index in [1.54, 1.807) is 30.3 Å². The predicted molar refractivity (Wildman–Crippen MR) is 98.7 cm³/mol. The number of hydrogen-bond acceptors (Lipinski definition) is 4. The summed E-state index contributed by atoms with van der Waals surface area (Å²) in [4.78, 5) is 16.6. The van der Waals surface area contributed by atoms with Crippen LogP contribution >= 0.6 is 11.6 Å². The Kier molecular flexibility index (Phi) is 4.90. The van der Waals surface area contributed by atoms with Crippen LogP contribution in [0.4, 0.5) is 4.39 Å². The van der Waals surface area contributed by atoms with E-state index in [4.69, 9.17) is 16.1 Å². The lowest BCUT2D eigenvalue weighted by Gasteiger charge is -2.13. The summed E-state index contributed by atoms with van der Waals surface area (Å²) in [5, 5.41) is 7.53. The fourth-order valence-electron chi connectivity index (χ4n) is 3.32. The molecule has 0 bridgehead atoms. The molecule has 3 aromatic rings. The lowest BCUT2D eigenvalue weighted by atomic mass is 10.1. The molecule has 27 heavy (non-hydrogen) atoms. The highest BCUT2D eigenvalue weighted by Crippen LogP contribution is 2.32. The summed E-state index contributed by atoms with van der Waals surface area (Å²) in [5.41, 5.74) is 2.36. The molecule has 0 spiro atoms. The van der Waals surface area contributed by atoms with Crippen molar-refractivity contribution < 1.29 is 13.7 Å². The van der Waals surface area contributed by atoms with Crippen LogP contribution in [0.3, 0.4) is 0 Å². The number of aromatic nitrogens is 2. The molecule has 2 aromatic carbocycles. The molecule has 1 atom stereocenters. The summed E-state index contributed by atoms with van der Waals surface area (Å²) in [6, 6.07) is 12.0. The van der Waals surface area contributed by atoms with Gasteiger partial charge in [0.05, 0.1) is 6.04 Å². The number of hydrogen-bond donors (Lipinski definition) is 1. The third-order valence-corrected chi connectivity index (χ3v) is 4.94. The van der Waals surface area contributed by atoms with Crippen LogP contribution in [0, 0.1) is 5.82 Å². The molecule has 138 valence electrons. The van der Waals surface area contributed by atoms with Gasteiger partial charge in [-0.1, -0.05) is 28.9 Å². The summed E-state index contributed by atoms with van der Waals surface area (Å²) in [7, 11) is 0. The SMILES string of the molecule is O=C(CCc1nc(-c2ccc(Cl)cc2)no1)NC1CCc2c(F)cccc21. The van der Waals surface area contributed by atoms with E-state index >= 15 is 0 Å². The van der Waals surface area contributed by atoms with Crippen molar-refractivity contribution in [3.05, 3.63) is 70.3 Å². The van der Waals surface area contributed by atoms with Crippen molar-refractivity contribution in [2.45, 2.75) is 31.7 Å². The second-order valence-electron chi connectivity index (χ2n) is 6.49. The van der Waals surface area contributed by atoms with Crippen molar-refractivity contribution in [2.75, 3.05) is 0 Å². The van der Waals surface area contributed by atoms with Crippen LogP contribution < -0.4 is 5.32 Å². The van der Waals surface area contributed by atoms with E-state index in [-0.39, 0.29) is 24.2 Å². The molecule has 1 unspecified atom stereocenters. The molecule has 0 fully saturated rings. The van der Waals surface area contributed by atoms with Crippen LogP contribution in [0.1, 0.15) is 35.9 Å².